The van der Waals surface area contributed by atoms with Crippen molar-refractivity contribution in [2.24, 2.45) is 21.7 Å². The predicted molar refractivity (Wildman–Crippen MR) is 92.4 cm³/mol. The van der Waals surface area contributed by atoms with Crippen LogP contribution in [0, 0.1) is 16.7 Å². The second-order valence-electron chi connectivity index (χ2n) is 7.85. The maximum atomic E-state index is 13.0. The van der Waals surface area contributed by atoms with Crippen molar-refractivity contribution in [3.05, 3.63) is 0 Å². The molecule has 136 valence electrons. The largest absolute Gasteiger partial charge is 0.457 e. The lowest BCUT2D eigenvalue weighted by molar-refractivity contribution is -0.147. The predicted octanol–water partition coefficient (Wildman–Crippen LogP) is 1.85. The molecule has 0 aromatic rings. The quantitative estimate of drug-likeness (QED) is 0.652. The van der Waals surface area contributed by atoms with Gasteiger partial charge < -0.3 is 4.74 Å². The maximum absolute atomic E-state index is 13.0. The van der Waals surface area contributed by atoms with E-state index >= 15 is 0 Å². The molecule has 1 aliphatic heterocycles. The molecule has 0 saturated heterocycles. The summed E-state index contributed by atoms with van der Waals surface area (Å²) in [6, 6.07) is 0. The smallest absolute Gasteiger partial charge is 0.354 e. The van der Waals surface area contributed by atoms with Gasteiger partial charge in [0.25, 0.3) is 0 Å². The van der Waals surface area contributed by atoms with Gasteiger partial charge in [-0.15, -0.1) is 0 Å². The Morgan fingerprint density at radius 2 is 1.96 bits per heavy atom. The Kier molecular flexibility index (Phi) is 4.31. The van der Waals surface area contributed by atoms with Gasteiger partial charge in [0.2, 0.25) is 10.0 Å². The zero-order valence-electron chi connectivity index (χ0n) is 15.0. The summed E-state index contributed by atoms with van der Waals surface area (Å²) >= 11 is 0. The van der Waals surface area contributed by atoms with Gasteiger partial charge in [-0.25, -0.2) is 17.5 Å². The second-order valence-corrected chi connectivity index (χ2v) is 9.82. The minimum absolute atomic E-state index is 0.0651. The van der Waals surface area contributed by atoms with Crippen LogP contribution in [0.4, 0.5) is 0 Å². The van der Waals surface area contributed by atoms with Gasteiger partial charge in [0.05, 0.1) is 12.3 Å². The lowest BCUT2D eigenvalue weighted by Gasteiger charge is -2.42. The Bertz CT molecular complexity index is 666. The maximum Gasteiger partial charge on any atom is 0.354 e. The van der Waals surface area contributed by atoms with Crippen LogP contribution < -0.4 is 0 Å². The van der Waals surface area contributed by atoms with Crippen LogP contribution >= 0.6 is 0 Å². The molecular formula is C17H28N2O4S. The summed E-state index contributed by atoms with van der Waals surface area (Å²) in [5, 5.41) is 0. The van der Waals surface area contributed by atoms with Crippen LogP contribution in [0.2, 0.25) is 0 Å². The first-order valence-electron chi connectivity index (χ1n) is 8.90. The number of esters is 1. The molecule has 3 atom stereocenters. The third-order valence-corrected chi connectivity index (χ3v) is 8.88. The van der Waals surface area contributed by atoms with Crippen molar-refractivity contribution in [1.29, 1.82) is 0 Å². The molecule has 24 heavy (non-hydrogen) atoms. The summed E-state index contributed by atoms with van der Waals surface area (Å²) in [4.78, 5) is 16.0. The highest BCUT2D eigenvalue weighted by molar-refractivity contribution is 7.89. The van der Waals surface area contributed by atoms with E-state index in [9.17, 15) is 13.2 Å². The van der Waals surface area contributed by atoms with E-state index in [0.29, 0.717) is 31.3 Å². The second kappa shape index (κ2) is 5.80. The summed E-state index contributed by atoms with van der Waals surface area (Å²) < 4.78 is 33.2. The van der Waals surface area contributed by atoms with Gasteiger partial charge in [0.1, 0.15) is 11.8 Å². The zero-order valence-corrected chi connectivity index (χ0v) is 15.9. The first kappa shape index (κ1) is 17.9. The Balaban J connectivity index is 1.89. The molecule has 3 aliphatic rings. The van der Waals surface area contributed by atoms with Gasteiger partial charge in [-0.05, 0) is 30.6 Å². The zero-order chi connectivity index (χ0) is 17.8. The molecule has 2 saturated carbocycles. The highest BCUT2D eigenvalue weighted by atomic mass is 32.2. The van der Waals surface area contributed by atoms with Gasteiger partial charge in [-0.2, -0.15) is 0 Å². The Morgan fingerprint density at radius 1 is 1.33 bits per heavy atom. The lowest BCUT2D eigenvalue weighted by Crippen LogP contribution is -2.49. The number of ether oxygens (including phenoxy) is 1. The number of nitrogens with zero attached hydrogens (tertiary/aromatic N) is 2. The Labute approximate surface area is 144 Å². The van der Waals surface area contributed by atoms with Gasteiger partial charge in [0.15, 0.2) is 0 Å². The molecule has 7 heteroatoms. The third-order valence-electron chi connectivity index (χ3n) is 6.70. The number of carbonyl (C=O) groups excluding carboxylic acids is 1. The van der Waals surface area contributed by atoms with Crippen LogP contribution in [-0.2, 0) is 19.6 Å². The van der Waals surface area contributed by atoms with Gasteiger partial charge in [-0.3, -0.25) is 4.99 Å². The normalized spacial score (nSPS) is 33.6. The monoisotopic (exact) mass is 356 g/mol. The standard InChI is InChI=1S/C17H28N2O4S/c1-5-19(6-2)24(21,22)11-17-8-7-12(16(17,3)4)9-14(17)23-15(20)13-10-18-13/h12,14H,5-11H2,1-4H3/t12-,14-,17+/m1/s1. The molecule has 0 unspecified atom stereocenters. The van der Waals surface area contributed by atoms with Crippen LogP contribution in [0.1, 0.15) is 47.0 Å². The van der Waals surface area contributed by atoms with Crippen LogP contribution in [0.25, 0.3) is 0 Å². The van der Waals surface area contributed by atoms with Gasteiger partial charge in [-0.1, -0.05) is 27.7 Å². The average molecular weight is 356 g/mol. The Morgan fingerprint density at radius 3 is 2.46 bits per heavy atom. The van der Waals surface area contributed by atoms with Crippen molar-refractivity contribution in [2.45, 2.75) is 53.1 Å². The molecule has 3 rings (SSSR count). The molecule has 1 heterocycles. The van der Waals surface area contributed by atoms with Crippen molar-refractivity contribution < 1.29 is 17.9 Å². The molecule has 0 spiro atoms. The molecular weight excluding hydrogens is 328 g/mol. The van der Waals surface area contributed by atoms with Gasteiger partial charge >= 0.3 is 5.97 Å². The summed E-state index contributed by atoms with van der Waals surface area (Å²) in [7, 11) is -3.38. The van der Waals surface area contributed by atoms with Crippen LogP contribution in [0.15, 0.2) is 4.99 Å². The van der Waals surface area contributed by atoms with E-state index in [0.717, 1.165) is 19.3 Å². The number of hydrogen-bond donors (Lipinski definition) is 0. The van der Waals surface area contributed by atoms with Crippen LogP contribution in [-0.4, -0.2) is 55.9 Å². The molecule has 0 amide bonds. The third kappa shape index (κ3) is 2.60. The fraction of sp³-hybridized carbons (Fsp3) is 0.882. The topological polar surface area (TPSA) is 76.0 Å². The molecule has 0 N–H and O–H groups in total. The van der Waals surface area contributed by atoms with E-state index in [1.54, 1.807) is 0 Å². The number of aliphatic imine (C=N–C) groups is 1. The lowest BCUT2D eigenvalue weighted by atomic mass is 9.69. The fourth-order valence-electron chi connectivity index (χ4n) is 4.91. The SMILES string of the molecule is CCN(CC)S(=O)(=O)C[C@@]12CC[C@H](C[C@H]1OC(=O)C1=NC1)C2(C)C. The van der Waals surface area contributed by atoms with Crippen LogP contribution in [0.5, 0.6) is 0 Å². The Hall–Kier alpha value is -0.950. The molecule has 0 radical (unpaired) electrons. The first-order chi connectivity index (χ1) is 11.2. The van der Waals surface area contributed by atoms with E-state index < -0.39 is 15.4 Å². The first-order valence-corrected chi connectivity index (χ1v) is 10.5. The van der Waals surface area contributed by atoms with Crippen molar-refractivity contribution in [2.75, 3.05) is 25.4 Å². The summed E-state index contributed by atoms with van der Waals surface area (Å²) in [6.45, 7) is 9.41. The number of fused-ring (bicyclic) bond motifs is 2. The number of carbonyl (C=O) groups is 1. The summed E-state index contributed by atoms with van der Waals surface area (Å²) in [5.74, 6) is 0.113. The van der Waals surface area contributed by atoms with E-state index in [4.69, 9.17) is 4.74 Å². The fourth-order valence-corrected chi connectivity index (χ4v) is 7.23. The van der Waals surface area contributed by atoms with E-state index in [1.165, 1.54) is 4.31 Å². The van der Waals surface area contributed by atoms with Crippen molar-refractivity contribution >= 4 is 21.7 Å². The average Bonchev–Trinajstić information content (AvgIpc) is 3.28. The minimum Gasteiger partial charge on any atom is -0.457 e. The van der Waals surface area contributed by atoms with E-state index in [1.807, 2.05) is 13.8 Å². The summed E-state index contributed by atoms with van der Waals surface area (Å²) in [5.41, 5.74) is -0.161. The van der Waals surface area contributed by atoms with Crippen molar-refractivity contribution in [3.8, 4) is 0 Å². The molecule has 0 aromatic carbocycles. The molecule has 2 aliphatic carbocycles. The molecule has 2 fully saturated rings. The minimum atomic E-state index is -3.38. The van der Waals surface area contributed by atoms with Gasteiger partial charge in [0, 0.05) is 18.5 Å². The number of hydrogen-bond acceptors (Lipinski definition) is 5. The van der Waals surface area contributed by atoms with Crippen molar-refractivity contribution in [1.82, 2.24) is 4.31 Å². The molecule has 6 nitrogen and oxygen atoms in total. The number of sulfonamides is 1. The molecule has 2 bridgehead atoms. The number of rotatable bonds is 7. The highest BCUT2D eigenvalue weighted by Gasteiger charge is 2.67. The highest BCUT2D eigenvalue weighted by Crippen LogP contribution is 2.67. The molecule has 0 aromatic heterocycles. The van der Waals surface area contributed by atoms with E-state index in [-0.39, 0.29) is 23.2 Å². The van der Waals surface area contributed by atoms with E-state index in [2.05, 4.69) is 18.8 Å². The summed E-state index contributed by atoms with van der Waals surface area (Å²) in [6.07, 6.45) is 2.25. The van der Waals surface area contributed by atoms with Crippen molar-refractivity contribution in [3.63, 3.8) is 0 Å². The van der Waals surface area contributed by atoms with Crippen LogP contribution in [0.3, 0.4) is 0 Å².